The Bertz CT molecular complexity index is 651. The molecule has 0 unspecified atom stereocenters. The van der Waals surface area contributed by atoms with Crippen molar-refractivity contribution in [3.8, 4) is 0 Å². The van der Waals surface area contributed by atoms with Crippen LogP contribution in [0.25, 0.3) is 0 Å². The molecule has 0 spiro atoms. The van der Waals surface area contributed by atoms with E-state index in [0.717, 1.165) is 75.5 Å². The molecular formula is C22H35N5O. The van der Waals surface area contributed by atoms with Gasteiger partial charge in [0.1, 0.15) is 0 Å². The van der Waals surface area contributed by atoms with Gasteiger partial charge in [0.2, 0.25) is 11.9 Å². The van der Waals surface area contributed by atoms with Crippen molar-refractivity contribution in [3.63, 3.8) is 0 Å². The molecule has 0 radical (unpaired) electrons. The maximum absolute atomic E-state index is 12.8. The zero-order valence-electron chi connectivity index (χ0n) is 17.6. The van der Waals surface area contributed by atoms with Crippen molar-refractivity contribution in [1.82, 2.24) is 19.8 Å². The Balaban J connectivity index is 1.22. The van der Waals surface area contributed by atoms with Crippen molar-refractivity contribution in [2.75, 3.05) is 44.2 Å². The van der Waals surface area contributed by atoms with Crippen LogP contribution in [-0.4, -0.2) is 71.0 Å². The number of piperazine rings is 1. The van der Waals surface area contributed by atoms with Gasteiger partial charge in [-0.1, -0.05) is 12.8 Å². The third-order valence-corrected chi connectivity index (χ3v) is 6.84. The molecule has 2 aliphatic heterocycles. The van der Waals surface area contributed by atoms with Crippen LogP contribution >= 0.6 is 0 Å². The predicted octanol–water partition coefficient (Wildman–Crippen LogP) is 2.79. The Morgan fingerprint density at radius 2 is 1.54 bits per heavy atom. The van der Waals surface area contributed by atoms with Crippen LogP contribution in [0.3, 0.4) is 0 Å². The van der Waals surface area contributed by atoms with Crippen molar-refractivity contribution >= 4 is 11.9 Å². The van der Waals surface area contributed by atoms with Crippen LogP contribution in [0.5, 0.6) is 0 Å². The number of hydrogen-bond donors (Lipinski definition) is 0. The van der Waals surface area contributed by atoms with E-state index < -0.39 is 0 Å². The summed E-state index contributed by atoms with van der Waals surface area (Å²) < 4.78 is 0. The van der Waals surface area contributed by atoms with Crippen molar-refractivity contribution in [1.29, 1.82) is 0 Å². The fraction of sp³-hybridized carbons (Fsp3) is 0.773. The molecule has 0 bridgehead atoms. The Kier molecular flexibility index (Phi) is 6.14. The van der Waals surface area contributed by atoms with Gasteiger partial charge in [0.25, 0.3) is 0 Å². The normalized spacial score (nSPS) is 22.8. The summed E-state index contributed by atoms with van der Waals surface area (Å²) >= 11 is 0. The van der Waals surface area contributed by atoms with E-state index in [4.69, 9.17) is 0 Å². The van der Waals surface area contributed by atoms with E-state index in [1.807, 2.05) is 19.9 Å². The lowest BCUT2D eigenvalue weighted by atomic mass is 9.93. The molecule has 154 valence electrons. The van der Waals surface area contributed by atoms with Crippen molar-refractivity contribution < 1.29 is 4.79 Å². The Hall–Kier alpha value is -1.69. The zero-order valence-corrected chi connectivity index (χ0v) is 17.6. The van der Waals surface area contributed by atoms with Crippen LogP contribution in [0.2, 0.25) is 0 Å². The van der Waals surface area contributed by atoms with E-state index in [2.05, 4.69) is 24.7 Å². The van der Waals surface area contributed by atoms with E-state index in [1.54, 1.807) is 0 Å². The molecule has 28 heavy (non-hydrogen) atoms. The first-order valence-electron chi connectivity index (χ1n) is 11.2. The quantitative estimate of drug-likeness (QED) is 0.798. The summed E-state index contributed by atoms with van der Waals surface area (Å²) in [5.74, 6) is 1.72. The average molecular weight is 386 g/mol. The van der Waals surface area contributed by atoms with Crippen LogP contribution in [0, 0.1) is 19.8 Å². The predicted molar refractivity (Wildman–Crippen MR) is 111 cm³/mol. The van der Waals surface area contributed by atoms with Crippen molar-refractivity contribution in [3.05, 3.63) is 17.5 Å². The summed E-state index contributed by atoms with van der Waals surface area (Å²) in [4.78, 5) is 29.0. The molecular weight excluding hydrogens is 350 g/mol. The van der Waals surface area contributed by atoms with E-state index >= 15 is 0 Å². The highest BCUT2D eigenvalue weighted by atomic mass is 16.2. The van der Waals surface area contributed by atoms with E-state index in [1.165, 1.54) is 25.7 Å². The SMILES string of the molecule is Cc1cc(C)nc(N2CCC(CC(=O)N3CCN(C4CCCC4)CC3)CC2)n1. The molecule has 0 atom stereocenters. The molecule has 4 rings (SSSR count). The van der Waals surface area contributed by atoms with Gasteiger partial charge in [-0.2, -0.15) is 0 Å². The van der Waals surface area contributed by atoms with Gasteiger partial charge in [-0.3, -0.25) is 9.69 Å². The molecule has 1 aromatic heterocycles. The fourth-order valence-electron chi connectivity index (χ4n) is 5.17. The van der Waals surface area contributed by atoms with Crippen molar-refractivity contribution in [2.45, 2.75) is 64.8 Å². The second kappa shape index (κ2) is 8.76. The fourth-order valence-corrected chi connectivity index (χ4v) is 5.17. The van der Waals surface area contributed by atoms with Gasteiger partial charge in [0.15, 0.2) is 0 Å². The Labute approximate surface area is 169 Å². The van der Waals surface area contributed by atoms with Gasteiger partial charge in [-0.05, 0) is 51.5 Å². The van der Waals surface area contributed by atoms with Gasteiger partial charge in [-0.15, -0.1) is 0 Å². The van der Waals surface area contributed by atoms with Gasteiger partial charge >= 0.3 is 0 Å². The average Bonchev–Trinajstić information content (AvgIpc) is 3.23. The summed E-state index contributed by atoms with van der Waals surface area (Å²) in [6, 6.07) is 2.80. The molecule has 3 fully saturated rings. The molecule has 6 heteroatoms. The molecule has 3 aliphatic rings. The lowest BCUT2D eigenvalue weighted by Crippen LogP contribution is -2.51. The summed E-state index contributed by atoms with van der Waals surface area (Å²) in [5, 5.41) is 0. The Morgan fingerprint density at radius 1 is 0.929 bits per heavy atom. The molecule has 6 nitrogen and oxygen atoms in total. The molecule has 2 saturated heterocycles. The highest BCUT2D eigenvalue weighted by Gasteiger charge is 2.29. The number of hydrogen-bond acceptors (Lipinski definition) is 5. The first kappa shape index (κ1) is 19.6. The van der Waals surface area contributed by atoms with Gasteiger partial charge in [-0.25, -0.2) is 9.97 Å². The molecule has 1 saturated carbocycles. The number of aryl methyl sites for hydroxylation is 2. The largest absolute Gasteiger partial charge is 0.341 e. The minimum Gasteiger partial charge on any atom is -0.341 e. The van der Waals surface area contributed by atoms with Crippen molar-refractivity contribution in [2.24, 2.45) is 5.92 Å². The van der Waals surface area contributed by atoms with Crippen LogP contribution in [-0.2, 0) is 4.79 Å². The second-order valence-electron chi connectivity index (χ2n) is 8.94. The molecule has 1 aromatic rings. The number of nitrogens with zero attached hydrogens (tertiary/aromatic N) is 5. The summed E-state index contributed by atoms with van der Waals surface area (Å²) in [6.07, 6.45) is 8.32. The van der Waals surface area contributed by atoms with E-state index in [-0.39, 0.29) is 0 Å². The summed E-state index contributed by atoms with van der Waals surface area (Å²) in [7, 11) is 0. The Morgan fingerprint density at radius 3 is 2.14 bits per heavy atom. The first-order valence-corrected chi connectivity index (χ1v) is 11.2. The number of anilines is 1. The van der Waals surface area contributed by atoms with Crippen LogP contribution in [0.15, 0.2) is 6.07 Å². The number of carbonyl (C=O) groups excluding carboxylic acids is 1. The van der Waals surface area contributed by atoms with Gasteiger partial charge in [0.05, 0.1) is 0 Å². The van der Waals surface area contributed by atoms with Crippen LogP contribution in [0.1, 0.15) is 56.3 Å². The number of carbonyl (C=O) groups is 1. The maximum Gasteiger partial charge on any atom is 0.225 e. The number of piperidine rings is 1. The molecule has 1 aliphatic carbocycles. The summed E-state index contributed by atoms with van der Waals surface area (Å²) in [6.45, 7) is 9.94. The standard InChI is InChI=1S/C22H35N5O/c1-17-15-18(2)24-22(23-17)27-9-7-19(8-10-27)16-21(28)26-13-11-25(12-14-26)20-5-3-4-6-20/h15,19-20H,3-14,16H2,1-2H3. The van der Waals surface area contributed by atoms with E-state index in [0.29, 0.717) is 18.2 Å². The van der Waals surface area contributed by atoms with Crippen LogP contribution < -0.4 is 4.90 Å². The highest BCUT2D eigenvalue weighted by Crippen LogP contribution is 2.26. The van der Waals surface area contributed by atoms with Crippen LogP contribution in [0.4, 0.5) is 5.95 Å². The number of rotatable bonds is 4. The summed E-state index contributed by atoms with van der Waals surface area (Å²) in [5.41, 5.74) is 2.05. The van der Waals surface area contributed by atoms with Gasteiger partial charge in [0, 0.05) is 63.1 Å². The second-order valence-corrected chi connectivity index (χ2v) is 8.94. The number of amides is 1. The lowest BCUT2D eigenvalue weighted by Gasteiger charge is -2.39. The van der Waals surface area contributed by atoms with E-state index in [9.17, 15) is 4.79 Å². The smallest absolute Gasteiger partial charge is 0.225 e. The zero-order chi connectivity index (χ0) is 19.5. The molecule has 1 amide bonds. The minimum atomic E-state index is 0.368. The third-order valence-electron chi connectivity index (χ3n) is 6.84. The first-order chi connectivity index (χ1) is 13.6. The molecule has 0 N–H and O–H groups in total. The number of aromatic nitrogens is 2. The van der Waals surface area contributed by atoms with Gasteiger partial charge < -0.3 is 9.80 Å². The highest BCUT2D eigenvalue weighted by molar-refractivity contribution is 5.76. The molecule has 3 heterocycles. The lowest BCUT2D eigenvalue weighted by molar-refractivity contribution is -0.134. The monoisotopic (exact) mass is 385 g/mol. The third kappa shape index (κ3) is 4.65. The maximum atomic E-state index is 12.8. The molecule has 0 aromatic carbocycles. The topological polar surface area (TPSA) is 52.6 Å². The minimum absolute atomic E-state index is 0.368.